The molecule has 2 N–H and O–H groups in total. The van der Waals surface area contributed by atoms with Crippen molar-refractivity contribution in [2.75, 3.05) is 4.90 Å². The first-order valence-electron chi connectivity index (χ1n) is 12.1. The molecular weight excluding hydrogens is 442 g/mol. The van der Waals surface area contributed by atoms with Crippen LogP contribution >= 0.6 is 0 Å². The van der Waals surface area contributed by atoms with Gasteiger partial charge in [-0.3, -0.25) is 19.5 Å². The Kier molecular flexibility index (Phi) is 6.53. The first-order chi connectivity index (χ1) is 17.2. The van der Waals surface area contributed by atoms with E-state index >= 15 is 0 Å². The van der Waals surface area contributed by atoms with Gasteiger partial charge in [-0.2, -0.15) is 5.26 Å². The van der Waals surface area contributed by atoms with Crippen molar-refractivity contribution < 1.29 is 9.59 Å². The van der Waals surface area contributed by atoms with Crippen LogP contribution in [0, 0.1) is 11.3 Å². The van der Waals surface area contributed by atoms with Gasteiger partial charge in [0.15, 0.2) is 5.69 Å². The fourth-order valence-electron chi connectivity index (χ4n) is 4.70. The maximum absolute atomic E-state index is 13.8. The summed E-state index contributed by atoms with van der Waals surface area (Å²) in [7, 11) is 0. The van der Waals surface area contributed by atoms with E-state index in [-0.39, 0.29) is 29.0 Å². The topological polar surface area (TPSA) is 128 Å². The number of nitriles is 1. The normalized spacial score (nSPS) is 16.8. The Morgan fingerprint density at radius 2 is 1.91 bits per heavy atom. The summed E-state index contributed by atoms with van der Waals surface area (Å²) in [5.74, 6) is -0.447. The van der Waals surface area contributed by atoms with E-state index in [1.165, 1.54) is 17.4 Å². The van der Waals surface area contributed by atoms with E-state index in [2.05, 4.69) is 31.3 Å². The molecular formula is C26H27N7O2. The van der Waals surface area contributed by atoms with Gasteiger partial charge < -0.3 is 10.3 Å². The lowest BCUT2D eigenvalue weighted by atomic mass is 9.94. The van der Waals surface area contributed by atoms with Crippen molar-refractivity contribution in [2.24, 2.45) is 0 Å². The second-order valence-electron chi connectivity index (χ2n) is 9.16. The third-order valence-corrected chi connectivity index (χ3v) is 6.66. The Morgan fingerprint density at radius 3 is 2.57 bits per heavy atom. The Morgan fingerprint density at radius 1 is 1.09 bits per heavy atom. The summed E-state index contributed by atoms with van der Waals surface area (Å²) in [5, 5.41) is 13.1. The average Bonchev–Trinajstić information content (AvgIpc) is 3.61. The first kappa shape index (κ1) is 22.7. The van der Waals surface area contributed by atoms with Crippen LogP contribution < -0.4 is 10.2 Å². The molecule has 5 rings (SSSR count). The van der Waals surface area contributed by atoms with Gasteiger partial charge in [-0.15, -0.1) is 0 Å². The number of carbonyl (C=O) groups is 2. The molecule has 2 aliphatic rings. The zero-order valence-electron chi connectivity index (χ0n) is 19.4. The number of nitrogens with one attached hydrogen (secondary N) is 2. The zero-order valence-corrected chi connectivity index (χ0v) is 19.4. The number of amides is 2. The highest BCUT2D eigenvalue weighted by Crippen LogP contribution is 2.40. The monoisotopic (exact) mass is 469 g/mol. The molecule has 0 aromatic carbocycles. The number of rotatable bonds is 7. The fourth-order valence-corrected chi connectivity index (χ4v) is 4.70. The maximum atomic E-state index is 13.8. The Hall–Kier alpha value is -4.06. The predicted molar refractivity (Wildman–Crippen MR) is 128 cm³/mol. The van der Waals surface area contributed by atoms with Crippen LogP contribution in [0.5, 0.6) is 0 Å². The maximum Gasteiger partial charge on any atom is 0.277 e. The molecule has 2 fully saturated rings. The molecule has 9 heteroatoms. The van der Waals surface area contributed by atoms with Crippen LogP contribution in [0.25, 0.3) is 0 Å². The molecule has 2 aliphatic carbocycles. The smallest absolute Gasteiger partial charge is 0.277 e. The van der Waals surface area contributed by atoms with E-state index < -0.39 is 11.9 Å². The molecule has 0 unspecified atom stereocenters. The standard InChI is InChI=1S/C26H27N7O2/c27-13-21-23(11-10-20(32-21)17-8-9-17)33(26(35)22-15-29-16-30-22)24(18-5-4-12-28-14-18)25(34)31-19-6-2-1-3-7-19/h4-5,10-12,14-17,19,24H,1-3,6-9H2,(H,29,30)(H,31,34)/t24-/m0/s1. The van der Waals surface area contributed by atoms with Gasteiger partial charge in [0.2, 0.25) is 5.91 Å². The third kappa shape index (κ3) is 4.92. The van der Waals surface area contributed by atoms with Crippen LogP contribution in [0.1, 0.15) is 84.3 Å². The van der Waals surface area contributed by atoms with Gasteiger partial charge in [0.05, 0.1) is 18.2 Å². The van der Waals surface area contributed by atoms with Crippen molar-refractivity contribution in [3.05, 3.63) is 71.8 Å². The van der Waals surface area contributed by atoms with Crippen LogP contribution in [-0.2, 0) is 4.79 Å². The molecule has 0 spiro atoms. The number of aromatic amines is 1. The number of carbonyl (C=O) groups excluding carboxylic acids is 2. The molecule has 2 amide bonds. The molecule has 3 aromatic rings. The molecule has 2 saturated carbocycles. The quantitative estimate of drug-likeness (QED) is 0.542. The Bertz CT molecular complexity index is 1230. The summed E-state index contributed by atoms with van der Waals surface area (Å²) in [6.45, 7) is 0. The predicted octanol–water partition coefficient (Wildman–Crippen LogP) is 3.79. The van der Waals surface area contributed by atoms with E-state index in [9.17, 15) is 14.9 Å². The largest absolute Gasteiger partial charge is 0.351 e. The Labute approximate surface area is 203 Å². The third-order valence-electron chi connectivity index (χ3n) is 6.66. The first-order valence-corrected chi connectivity index (χ1v) is 12.1. The van der Waals surface area contributed by atoms with Gasteiger partial charge in [-0.05, 0) is 43.9 Å². The summed E-state index contributed by atoms with van der Waals surface area (Å²) in [5.41, 5.74) is 1.98. The number of imidazole rings is 1. The average molecular weight is 470 g/mol. The highest BCUT2D eigenvalue weighted by Gasteiger charge is 2.37. The van der Waals surface area contributed by atoms with Crippen molar-refractivity contribution in [1.82, 2.24) is 25.3 Å². The van der Waals surface area contributed by atoms with Gasteiger partial charge in [0.25, 0.3) is 5.91 Å². The summed E-state index contributed by atoms with van der Waals surface area (Å²) >= 11 is 0. The number of H-pyrrole nitrogens is 1. The Balaban J connectivity index is 1.61. The number of nitrogens with zero attached hydrogens (tertiary/aromatic N) is 5. The second kappa shape index (κ2) is 10.1. The molecule has 0 radical (unpaired) electrons. The SMILES string of the molecule is N#Cc1nc(C2CC2)ccc1N(C(=O)c1cnc[nH]1)[C@H](C(=O)NC1CCCCC1)c1cccnc1. The van der Waals surface area contributed by atoms with E-state index in [4.69, 9.17) is 0 Å². The van der Waals surface area contributed by atoms with E-state index in [0.717, 1.165) is 50.6 Å². The van der Waals surface area contributed by atoms with Gasteiger partial charge in [-0.25, -0.2) is 9.97 Å². The second-order valence-corrected chi connectivity index (χ2v) is 9.16. The highest BCUT2D eigenvalue weighted by molar-refractivity contribution is 6.09. The van der Waals surface area contributed by atoms with Crippen molar-refractivity contribution in [1.29, 1.82) is 5.26 Å². The lowest BCUT2D eigenvalue weighted by Crippen LogP contribution is -2.47. The molecule has 9 nitrogen and oxygen atoms in total. The number of hydrogen-bond acceptors (Lipinski definition) is 6. The van der Waals surface area contributed by atoms with E-state index in [0.29, 0.717) is 11.5 Å². The zero-order chi connectivity index (χ0) is 24.2. The number of hydrogen-bond donors (Lipinski definition) is 2. The molecule has 3 heterocycles. The van der Waals surface area contributed by atoms with Crippen LogP contribution in [0.2, 0.25) is 0 Å². The summed E-state index contributed by atoms with van der Waals surface area (Å²) in [6, 6.07) is 8.23. The summed E-state index contributed by atoms with van der Waals surface area (Å²) in [6.07, 6.45) is 13.2. The minimum absolute atomic E-state index is 0.0466. The highest BCUT2D eigenvalue weighted by atomic mass is 16.2. The fraction of sp³-hybridized carbons (Fsp3) is 0.385. The van der Waals surface area contributed by atoms with Gasteiger partial charge in [0.1, 0.15) is 17.8 Å². The molecule has 1 atom stereocenters. The molecule has 3 aromatic heterocycles. The minimum atomic E-state index is -1.04. The van der Waals surface area contributed by atoms with Crippen molar-refractivity contribution in [3.8, 4) is 6.07 Å². The van der Waals surface area contributed by atoms with Crippen molar-refractivity contribution in [2.45, 2.75) is 62.9 Å². The number of aromatic nitrogens is 4. The molecule has 0 aliphatic heterocycles. The molecule has 178 valence electrons. The van der Waals surface area contributed by atoms with Gasteiger partial charge >= 0.3 is 0 Å². The van der Waals surface area contributed by atoms with Crippen LogP contribution in [0.15, 0.2) is 49.2 Å². The van der Waals surface area contributed by atoms with Crippen molar-refractivity contribution >= 4 is 17.5 Å². The lowest BCUT2D eigenvalue weighted by Gasteiger charge is -2.33. The van der Waals surface area contributed by atoms with Crippen LogP contribution in [0.4, 0.5) is 5.69 Å². The van der Waals surface area contributed by atoms with Gasteiger partial charge in [0, 0.05) is 35.6 Å². The molecule has 35 heavy (non-hydrogen) atoms. The molecule has 0 saturated heterocycles. The van der Waals surface area contributed by atoms with E-state index in [1.807, 2.05) is 6.07 Å². The summed E-state index contributed by atoms with van der Waals surface area (Å²) in [4.78, 5) is 44.6. The number of anilines is 1. The minimum Gasteiger partial charge on any atom is -0.351 e. The van der Waals surface area contributed by atoms with E-state index in [1.54, 1.807) is 30.6 Å². The molecule has 0 bridgehead atoms. The van der Waals surface area contributed by atoms with Crippen molar-refractivity contribution in [3.63, 3.8) is 0 Å². The van der Waals surface area contributed by atoms with Crippen LogP contribution in [0.3, 0.4) is 0 Å². The lowest BCUT2D eigenvalue weighted by molar-refractivity contribution is -0.123. The number of pyridine rings is 2. The summed E-state index contributed by atoms with van der Waals surface area (Å²) < 4.78 is 0. The van der Waals surface area contributed by atoms with Gasteiger partial charge in [-0.1, -0.05) is 25.3 Å². The van der Waals surface area contributed by atoms with Crippen LogP contribution in [-0.4, -0.2) is 37.8 Å².